The van der Waals surface area contributed by atoms with Crippen molar-refractivity contribution in [3.63, 3.8) is 0 Å². The van der Waals surface area contributed by atoms with Gasteiger partial charge in [0, 0.05) is 19.3 Å². The van der Waals surface area contributed by atoms with Crippen LogP contribution < -0.4 is 10.1 Å². The van der Waals surface area contributed by atoms with Gasteiger partial charge in [0.15, 0.2) is 0 Å². The first-order valence-corrected chi connectivity index (χ1v) is 6.74. The van der Waals surface area contributed by atoms with E-state index in [2.05, 4.69) is 24.4 Å². The molecule has 1 N–H and O–H groups in total. The van der Waals surface area contributed by atoms with Crippen LogP contribution in [0, 0.1) is 5.92 Å². The Labute approximate surface area is 109 Å². The van der Waals surface area contributed by atoms with Crippen LogP contribution in [0.1, 0.15) is 31.4 Å². The van der Waals surface area contributed by atoms with Gasteiger partial charge < -0.3 is 14.8 Å². The second-order valence-corrected chi connectivity index (χ2v) is 4.97. The fraction of sp³-hybridized carbons (Fsp3) is 0.600. The van der Waals surface area contributed by atoms with E-state index in [-0.39, 0.29) is 0 Å². The molecule has 1 aromatic rings. The maximum atomic E-state index is 5.38. The lowest BCUT2D eigenvalue weighted by Crippen LogP contribution is -2.22. The van der Waals surface area contributed by atoms with E-state index < -0.39 is 0 Å². The van der Waals surface area contributed by atoms with Crippen LogP contribution in [-0.4, -0.2) is 26.9 Å². The van der Waals surface area contributed by atoms with E-state index in [1.807, 2.05) is 12.1 Å². The number of methoxy groups -OCH3 is 1. The Hall–Kier alpha value is -1.06. The van der Waals surface area contributed by atoms with E-state index in [1.54, 1.807) is 7.11 Å². The molecule has 100 valence electrons. The van der Waals surface area contributed by atoms with Gasteiger partial charge in [0.2, 0.25) is 0 Å². The highest BCUT2D eigenvalue weighted by molar-refractivity contribution is 5.28. The van der Waals surface area contributed by atoms with Crippen LogP contribution in [0.5, 0.6) is 5.75 Å². The van der Waals surface area contributed by atoms with Gasteiger partial charge in [0.1, 0.15) is 5.75 Å². The van der Waals surface area contributed by atoms with Crippen molar-refractivity contribution in [3.05, 3.63) is 29.8 Å². The molecule has 1 saturated heterocycles. The summed E-state index contributed by atoms with van der Waals surface area (Å²) in [7, 11) is 1.69. The molecule has 0 radical (unpaired) electrons. The van der Waals surface area contributed by atoms with Crippen LogP contribution in [0.2, 0.25) is 0 Å². The van der Waals surface area contributed by atoms with Crippen molar-refractivity contribution < 1.29 is 9.47 Å². The summed E-state index contributed by atoms with van der Waals surface area (Å²) in [6, 6.07) is 8.65. The third-order valence-corrected chi connectivity index (χ3v) is 3.64. The first kappa shape index (κ1) is 13.4. The second-order valence-electron chi connectivity index (χ2n) is 4.97. The molecule has 0 saturated carbocycles. The highest BCUT2D eigenvalue weighted by Crippen LogP contribution is 2.19. The van der Waals surface area contributed by atoms with Gasteiger partial charge in [-0.1, -0.05) is 12.1 Å². The van der Waals surface area contributed by atoms with Gasteiger partial charge in [-0.2, -0.15) is 0 Å². The molecule has 0 aliphatic carbocycles. The van der Waals surface area contributed by atoms with Crippen LogP contribution in [0.25, 0.3) is 0 Å². The minimum atomic E-state index is 0.387. The Bertz CT molecular complexity index is 344. The van der Waals surface area contributed by atoms with Gasteiger partial charge in [-0.3, -0.25) is 0 Å². The Morgan fingerprint density at radius 1 is 1.39 bits per heavy atom. The topological polar surface area (TPSA) is 30.5 Å². The predicted molar refractivity (Wildman–Crippen MR) is 73.0 cm³/mol. The number of benzene rings is 1. The Kier molecular flexibility index (Phi) is 5.02. The third kappa shape index (κ3) is 3.72. The van der Waals surface area contributed by atoms with Crippen LogP contribution in [-0.2, 0) is 4.74 Å². The molecule has 3 nitrogen and oxygen atoms in total. The van der Waals surface area contributed by atoms with Gasteiger partial charge in [-0.05, 0) is 49.9 Å². The third-order valence-electron chi connectivity index (χ3n) is 3.64. The normalized spacial score (nSPS) is 20.9. The van der Waals surface area contributed by atoms with Gasteiger partial charge >= 0.3 is 0 Å². The lowest BCUT2D eigenvalue weighted by atomic mass is 10.0. The Morgan fingerprint density at radius 3 is 2.78 bits per heavy atom. The molecule has 1 fully saturated rings. The van der Waals surface area contributed by atoms with Gasteiger partial charge in [0.25, 0.3) is 0 Å². The molecule has 1 aliphatic heterocycles. The van der Waals surface area contributed by atoms with Crippen molar-refractivity contribution in [2.24, 2.45) is 5.92 Å². The first-order chi connectivity index (χ1) is 8.79. The summed E-state index contributed by atoms with van der Waals surface area (Å²) in [5.74, 6) is 1.66. The van der Waals surface area contributed by atoms with Crippen molar-refractivity contribution >= 4 is 0 Å². The summed E-state index contributed by atoms with van der Waals surface area (Å²) >= 11 is 0. The lowest BCUT2D eigenvalue weighted by molar-refractivity contribution is 0.184. The zero-order valence-corrected chi connectivity index (χ0v) is 11.3. The number of rotatable bonds is 6. The fourth-order valence-electron chi connectivity index (χ4n) is 2.33. The molecular weight excluding hydrogens is 226 g/mol. The molecule has 1 heterocycles. The lowest BCUT2D eigenvalue weighted by Gasteiger charge is -2.16. The summed E-state index contributed by atoms with van der Waals surface area (Å²) < 4.78 is 10.5. The highest BCUT2D eigenvalue weighted by Gasteiger charge is 2.15. The quantitative estimate of drug-likeness (QED) is 0.841. The van der Waals surface area contributed by atoms with Gasteiger partial charge in [-0.25, -0.2) is 0 Å². The molecular formula is C15H23NO2. The minimum absolute atomic E-state index is 0.387. The summed E-state index contributed by atoms with van der Waals surface area (Å²) in [5, 5.41) is 3.57. The summed E-state index contributed by atoms with van der Waals surface area (Å²) in [6.45, 7) is 5.14. The summed E-state index contributed by atoms with van der Waals surface area (Å²) in [5.41, 5.74) is 1.30. The Morgan fingerprint density at radius 2 is 2.17 bits per heavy atom. The number of ether oxygens (including phenoxy) is 2. The zero-order valence-electron chi connectivity index (χ0n) is 11.3. The Balaban J connectivity index is 1.74. The summed E-state index contributed by atoms with van der Waals surface area (Å²) in [6.07, 6.45) is 2.43. The average molecular weight is 249 g/mol. The van der Waals surface area contributed by atoms with E-state index in [4.69, 9.17) is 9.47 Å². The monoisotopic (exact) mass is 249 g/mol. The zero-order chi connectivity index (χ0) is 12.8. The fourth-order valence-corrected chi connectivity index (χ4v) is 2.33. The largest absolute Gasteiger partial charge is 0.497 e. The molecule has 2 unspecified atom stereocenters. The first-order valence-electron chi connectivity index (χ1n) is 6.74. The average Bonchev–Trinajstić information content (AvgIpc) is 2.92. The van der Waals surface area contributed by atoms with Gasteiger partial charge in [0.05, 0.1) is 7.11 Å². The maximum absolute atomic E-state index is 5.38. The molecule has 0 bridgehead atoms. The van der Waals surface area contributed by atoms with Crippen molar-refractivity contribution in [1.82, 2.24) is 5.32 Å². The molecule has 0 aromatic heterocycles. The molecule has 2 rings (SSSR count). The van der Waals surface area contributed by atoms with Crippen molar-refractivity contribution in [1.29, 1.82) is 0 Å². The van der Waals surface area contributed by atoms with Crippen molar-refractivity contribution in [2.75, 3.05) is 26.9 Å². The molecule has 3 heteroatoms. The maximum Gasteiger partial charge on any atom is 0.118 e. The van der Waals surface area contributed by atoms with E-state index in [9.17, 15) is 0 Å². The predicted octanol–water partition coefficient (Wildman–Crippen LogP) is 2.77. The molecule has 1 aromatic carbocycles. The van der Waals surface area contributed by atoms with Crippen molar-refractivity contribution in [2.45, 2.75) is 25.8 Å². The second kappa shape index (κ2) is 6.76. The van der Waals surface area contributed by atoms with E-state index in [0.717, 1.165) is 31.4 Å². The minimum Gasteiger partial charge on any atom is -0.497 e. The van der Waals surface area contributed by atoms with Crippen LogP contribution in [0.3, 0.4) is 0 Å². The summed E-state index contributed by atoms with van der Waals surface area (Å²) in [4.78, 5) is 0. The molecule has 0 amide bonds. The standard InChI is InChI=1S/C15H23NO2/c1-12(14-3-5-15(17-2)6-4-14)16-9-7-13-8-10-18-11-13/h3-6,12-13,16H,7-11H2,1-2H3. The van der Waals surface area contributed by atoms with Crippen molar-refractivity contribution in [3.8, 4) is 5.75 Å². The molecule has 0 spiro atoms. The van der Waals surface area contributed by atoms with E-state index >= 15 is 0 Å². The highest BCUT2D eigenvalue weighted by atomic mass is 16.5. The molecule has 18 heavy (non-hydrogen) atoms. The smallest absolute Gasteiger partial charge is 0.118 e. The number of nitrogens with one attached hydrogen (secondary N) is 1. The number of hydrogen-bond acceptors (Lipinski definition) is 3. The van der Waals surface area contributed by atoms with E-state index in [1.165, 1.54) is 18.4 Å². The molecule has 2 atom stereocenters. The van der Waals surface area contributed by atoms with Crippen LogP contribution >= 0.6 is 0 Å². The SMILES string of the molecule is COc1ccc(C(C)NCCC2CCOC2)cc1. The van der Waals surface area contributed by atoms with Gasteiger partial charge in [-0.15, -0.1) is 0 Å². The van der Waals surface area contributed by atoms with Crippen LogP contribution in [0.4, 0.5) is 0 Å². The van der Waals surface area contributed by atoms with Crippen LogP contribution in [0.15, 0.2) is 24.3 Å². The molecule has 1 aliphatic rings. The van der Waals surface area contributed by atoms with E-state index in [0.29, 0.717) is 6.04 Å². The number of hydrogen-bond donors (Lipinski definition) is 1.